The van der Waals surface area contributed by atoms with Gasteiger partial charge in [-0.2, -0.15) is 0 Å². The van der Waals surface area contributed by atoms with E-state index in [1.807, 2.05) is 38.2 Å². The number of nitrogens with zero attached hydrogens (tertiary/aromatic N) is 4. The van der Waals surface area contributed by atoms with Crippen LogP contribution in [0.1, 0.15) is 156 Å². The first-order valence-corrected chi connectivity index (χ1v) is 21.3. The van der Waals surface area contributed by atoms with Crippen molar-refractivity contribution in [1.29, 1.82) is 0 Å². The van der Waals surface area contributed by atoms with Crippen LogP contribution < -0.4 is 0 Å². The van der Waals surface area contributed by atoms with Gasteiger partial charge in [-0.1, -0.05) is 94.1 Å². The van der Waals surface area contributed by atoms with Crippen molar-refractivity contribution in [3.05, 3.63) is 95.5 Å². The van der Waals surface area contributed by atoms with Gasteiger partial charge in [0.05, 0.1) is 30.4 Å². The first-order valence-electron chi connectivity index (χ1n) is 21.3. The van der Waals surface area contributed by atoms with Gasteiger partial charge < -0.3 is 19.8 Å². The first-order chi connectivity index (χ1) is 26.4. The van der Waals surface area contributed by atoms with Crippen molar-refractivity contribution in [3.8, 4) is 11.3 Å². The lowest BCUT2D eigenvalue weighted by molar-refractivity contribution is -0.138. The molecule has 2 aliphatic heterocycles. The van der Waals surface area contributed by atoms with Crippen LogP contribution >= 0.6 is 0 Å². The van der Waals surface area contributed by atoms with Gasteiger partial charge in [0.1, 0.15) is 11.6 Å². The van der Waals surface area contributed by atoms with Gasteiger partial charge in [0.15, 0.2) is 0 Å². The van der Waals surface area contributed by atoms with Crippen molar-refractivity contribution in [2.45, 2.75) is 146 Å². The van der Waals surface area contributed by atoms with Gasteiger partial charge >= 0.3 is 0 Å². The molecule has 5 aliphatic rings. The van der Waals surface area contributed by atoms with E-state index in [4.69, 9.17) is 9.97 Å². The summed E-state index contributed by atoms with van der Waals surface area (Å²) in [6, 6.07) is 20.1. The van der Waals surface area contributed by atoms with Crippen molar-refractivity contribution in [1.82, 2.24) is 29.7 Å². The quantitative estimate of drug-likeness (QED) is 0.189. The van der Waals surface area contributed by atoms with Gasteiger partial charge in [-0.15, -0.1) is 0 Å². The minimum Gasteiger partial charge on any atom is -0.344 e. The molecular weight excluding hydrogens is 669 g/mol. The molecule has 284 valence electrons. The molecule has 9 rings (SSSR count). The maximum absolute atomic E-state index is 13.8. The van der Waals surface area contributed by atoms with Gasteiger partial charge in [-0.3, -0.25) is 9.59 Å². The smallest absolute Gasteiger partial charge is 0.227 e. The van der Waals surface area contributed by atoms with Crippen LogP contribution in [-0.4, -0.2) is 53.6 Å². The minimum absolute atomic E-state index is 0.00677. The lowest BCUT2D eigenvalue weighted by atomic mass is 9.77. The number of carbonyl (C=O) groups is 2. The second kappa shape index (κ2) is 15.1. The Balaban J connectivity index is 0.839. The van der Waals surface area contributed by atoms with Crippen LogP contribution in [0.25, 0.3) is 11.3 Å². The number of hydrogen-bond donors (Lipinski definition) is 2. The van der Waals surface area contributed by atoms with E-state index in [0.717, 1.165) is 79.8 Å². The van der Waals surface area contributed by atoms with Crippen LogP contribution in [0.2, 0.25) is 0 Å². The molecule has 2 aromatic carbocycles. The number of fused-ring (bicyclic) bond motifs is 2. The second-order valence-corrected chi connectivity index (χ2v) is 17.7. The Bertz CT molecular complexity index is 1910. The molecule has 4 heterocycles. The predicted molar refractivity (Wildman–Crippen MR) is 211 cm³/mol. The van der Waals surface area contributed by atoms with E-state index in [1.165, 1.54) is 49.8 Å². The van der Waals surface area contributed by atoms with E-state index in [-0.39, 0.29) is 29.8 Å². The second-order valence-electron chi connectivity index (χ2n) is 17.7. The number of rotatable bonds is 8. The van der Waals surface area contributed by atoms with Gasteiger partial charge in [0, 0.05) is 35.8 Å². The van der Waals surface area contributed by atoms with Crippen molar-refractivity contribution in [3.63, 3.8) is 0 Å². The van der Waals surface area contributed by atoms with Crippen LogP contribution in [0, 0.1) is 17.8 Å². The van der Waals surface area contributed by atoms with E-state index in [1.54, 1.807) is 0 Å². The molecule has 3 aliphatic carbocycles. The monoisotopic (exact) mass is 726 g/mol. The molecule has 6 atom stereocenters. The van der Waals surface area contributed by atoms with Gasteiger partial charge in [0.2, 0.25) is 11.8 Å². The number of aromatic nitrogens is 4. The SMILES string of the molecule is CC(C)C(=O)N1C(c2ncc(C3CCC(c4ccc(-c5cnc(C6CC7CCCCC7N6C(=O)Cc6ccccc6)[nH]5)cc4)CC3)[nH]2)CC2CCCCC21. The molecule has 8 heteroatoms. The molecule has 5 fully saturated rings. The first kappa shape index (κ1) is 35.5. The molecule has 2 amide bonds. The number of carbonyl (C=O) groups excluding carboxylic acids is 2. The Morgan fingerprint density at radius 1 is 0.685 bits per heavy atom. The third kappa shape index (κ3) is 6.83. The summed E-state index contributed by atoms with van der Waals surface area (Å²) in [7, 11) is 0. The van der Waals surface area contributed by atoms with Crippen molar-refractivity contribution < 1.29 is 9.59 Å². The van der Waals surface area contributed by atoms with Crippen molar-refractivity contribution >= 4 is 11.8 Å². The molecule has 3 saturated carbocycles. The Kier molecular flexibility index (Phi) is 9.96. The van der Waals surface area contributed by atoms with Crippen molar-refractivity contribution in [2.75, 3.05) is 0 Å². The van der Waals surface area contributed by atoms with E-state index in [2.05, 4.69) is 62.4 Å². The molecular formula is C46H58N6O2. The van der Waals surface area contributed by atoms with Gasteiger partial charge in [0.25, 0.3) is 0 Å². The van der Waals surface area contributed by atoms with Gasteiger partial charge in [-0.25, -0.2) is 9.97 Å². The predicted octanol–water partition coefficient (Wildman–Crippen LogP) is 9.80. The fraction of sp³-hybridized carbons (Fsp3) is 0.565. The minimum atomic E-state index is 0.00677. The Hall–Kier alpha value is -4.20. The highest BCUT2D eigenvalue weighted by molar-refractivity contribution is 5.80. The Morgan fingerprint density at radius 2 is 1.28 bits per heavy atom. The molecule has 4 aromatic rings. The summed E-state index contributed by atoms with van der Waals surface area (Å²) in [6.45, 7) is 4.07. The highest BCUT2D eigenvalue weighted by Crippen LogP contribution is 2.48. The molecule has 2 N–H and O–H groups in total. The summed E-state index contributed by atoms with van der Waals surface area (Å²) in [5.74, 6) is 4.67. The number of likely N-dealkylation sites (tertiary alicyclic amines) is 2. The maximum Gasteiger partial charge on any atom is 0.227 e. The standard InChI is InChI=1S/C46H58N6O2/c1-29(2)46(54)52-40-15-9-7-13-36(40)26-42(52)45-48-28-38(50-45)34-22-18-32(19-23-34)31-16-20-33(21-17-31)37-27-47-44(49-37)41-25-35-12-6-8-14-39(35)51(41)43(53)24-30-10-4-3-5-11-30/h3-5,10-11,16-17,20-21,27-29,32,34-36,39-42H,6-9,12-15,18-19,22-26H2,1-2H3,(H,47,49)(H,48,50). The van der Waals surface area contributed by atoms with Crippen LogP contribution in [-0.2, 0) is 16.0 Å². The maximum atomic E-state index is 13.8. The Labute approximate surface area is 320 Å². The molecule has 0 radical (unpaired) electrons. The van der Waals surface area contributed by atoms with Crippen LogP contribution in [0.4, 0.5) is 0 Å². The van der Waals surface area contributed by atoms with E-state index >= 15 is 0 Å². The number of hydrogen-bond acceptors (Lipinski definition) is 4. The van der Waals surface area contributed by atoms with Crippen molar-refractivity contribution in [2.24, 2.45) is 17.8 Å². The third-order valence-electron chi connectivity index (χ3n) is 14.1. The number of imidazole rings is 2. The van der Waals surface area contributed by atoms with E-state index in [9.17, 15) is 9.59 Å². The molecule has 2 aromatic heterocycles. The zero-order valence-electron chi connectivity index (χ0n) is 32.3. The summed E-state index contributed by atoms with van der Waals surface area (Å²) < 4.78 is 0. The number of nitrogens with one attached hydrogen (secondary N) is 2. The zero-order chi connectivity index (χ0) is 36.8. The topological polar surface area (TPSA) is 98.0 Å². The molecule has 0 bridgehead atoms. The molecule has 54 heavy (non-hydrogen) atoms. The highest BCUT2D eigenvalue weighted by Gasteiger charge is 2.47. The number of amides is 2. The van der Waals surface area contributed by atoms with Crippen LogP contribution in [0.15, 0.2) is 67.0 Å². The van der Waals surface area contributed by atoms with Crippen LogP contribution in [0.3, 0.4) is 0 Å². The van der Waals surface area contributed by atoms with Gasteiger partial charge in [-0.05, 0) is 98.7 Å². The fourth-order valence-electron chi connectivity index (χ4n) is 11.3. The van der Waals surface area contributed by atoms with Crippen LogP contribution in [0.5, 0.6) is 0 Å². The Morgan fingerprint density at radius 3 is 1.96 bits per heavy atom. The molecule has 8 nitrogen and oxygen atoms in total. The fourth-order valence-corrected chi connectivity index (χ4v) is 11.3. The molecule has 0 spiro atoms. The largest absolute Gasteiger partial charge is 0.344 e. The lowest BCUT2D eigenvalue weighted by Gasteiger charge is -2.34. The average Bonchev–Trinajstić information content (AvgIpc) is 4.02. The summed E-state index contributed by atoms with van der Waals surface area (Å²) in [5.41, 5.74) is 5.91. The number of H-pyrrole nitrogens is 2. The summed E-state index contributed by atoms with van der Waals surface area (Å²) in [6.07, 6.45) is 20.8. The summed E-state index contributed by atoms with van der Waals surface area (Å²) in [4.78, 5) is 49.0. The highest BCUT2D eigenvalue weighted by atomic mass is 16.2. The molecule has 6 unspecified atom stereocenters. The van der Waals surface area contributed by atoms with E-state index in [0.29, 0.717) is 42.2 Å². The molecule has 2 saturated heterocycles. The average molecular weight is 727 g/mol. The van der Waals surface area contributed by atoms with E-state index < -0.39 is 0 Å². The third-order valence-corrected chi connectivity index (χ3v) is 14.1. The number of benzene rings is 2. The normalized spacial score (nSPS) is 29.7. The number of aromatic amines is 2. The summed E-state index contributed by atoms with van der Waals surface area (Å²) in [5, 5.41) is 0. The summed E-state index contributed by atoms with van der Waals surface area (Å²) >= 11 is 0. The lowest BCUT2D eigenvalue weighted by Crippen LogP contribution is -2.42. The zero-order valence-corrected chi connectivity index (χ0v) is 32.3.